The normalized spacial score (nSPS) is 10.0. The van der Waals surface area contributed by atoms with Gasteiger partial charge in [0, 0.05) is 6.07 Å². The molecule has 0 aliphatic heterocycles. The summed E-state index contributed by atoms with van der Waals surface area (Å²) in [6.45, 7) is 1.81. The van der Waals surface area contributed by atoms with Gasteiger partial charge in [0.2, 0.25) is 0 Å². The monoisotopic (exact) mass is 278 g/mol. The Morgan fingerprint density at radius 3 is 2.83 bits per heavy atom. The highest BCUT2D eigenvalue weighted by molar-refractivity contribution is 8.01. The van der Waals surface area contributed by atoms with Gasteiger partial charge in [-0.15, -0.1) is 10.2 Å². The molecule has 1 heterocycles. The van der Waals surface area contributed by atoms with Crippen LogP contribution in [-0.2, 0) is 0 Å². The molecule has 0 radical (unpaired) electrons. The zero-order chi connectivity index (χ0) is 13.1. The third kappa shape index (κ3) is 2.64. The Morgan fingerprint density at radius 2 is 2.28 bits per heavy atom. The van der Waals surface area contributed by atoms with Crippen LogP contribution in [0.15, 0.2) is 27.4 Å². The van der Waals surface area contributed by atoms with Crippen LogP contribution >= 0.6 is 23.1 Å². The number of nitro benzene ring substituents is 1. The Labute approximate surface area is 110 Å². The molecule has 1 aromatic carbocycles. The molecule has 0 aliphatic rings. The molecule has 6 nitrogen and oxygen atoms in total. The van der Waals surface area contributed by atoms with Crippen molar-refractivity contribution < 1.29 is 4.92 Å². The highest BCUT2D eigenvalue weighted by atomic mass is 32.2. The molecule has 0 saturated heterocycles. The van der Waals surface area contributed by atoms with Gasteiger partial charge in [0.05, 0.1) is 21.5 Å². The smallest absolute Gasteiger partial charge is 0.258 e. The van der Waals surface area contributed by atoms with Crippen molar-refractivity contribution >= 4 is 28.8 Å². The van der Waals surface area contributed by atoms with Gasteiger partial charge in [-0.05, 0) is 19.1 Å². The van der Waals surface area contributed by atoms with Gasteiger partial charge in [0.25, 0.3) is 5.69 Å². The first kappa shape index (κ1) is 12.5. The summed E-state index contributed by atoms with van der Waals surface area (Å²) in [6, 6.07) is 6.24. The van der Waals surface area contributed by atoms with Crippen LogP contribution in [0.25, 0.3) is 0 Å². The molecule has 0 saturated carbocycles. The van der Waals surface area contributed by atoms with E-state index >= 15 is 0 Å². The highest BCUT2D eigenvalue weighted by Crippen LogP contribution is 2.36. The molecule has 90 valence electrons. The van der Waals surface area contributed by atoms with Gasteiger partial charge < -0.3 is 0 Å². The SMILES string of the molecule is Cc1nnc(Sc2ccc(C#N)cc2[N+](=O)[O-])s1. The van der Waals surface area contributed by atoms with E-state index in [-0.39, 0.29) is 11.3 Å². The van der Waals surface area contributed by atoms with Crippen molar-refractivity contribution in [2.45, 2.75) is 16.2 Å². The molecule has 18 heavy (non-hydrogen) atoms. The number of rotatable bonds is 3. The quantitative estimate of drug-likeness (QED) is 0.633. The van der Waals surface area contributed by atoms with Gasteiger partial charge in [-0.3, -0.25) is 10.1 Å². The summed E-state index contributed by atoms with van der Waals surface area (Å²) in [5.41, 5.74) is 0.173. The molecule has 0 N–H and O–H groups in total. The first-order valence-corrected chi connectivity index (χ1v) is 6.40. The summed E-state index contributed by atoms with van der Waals surface area (Å²) in [6.07, 6.45) is 0. The lowest BCUT2D eigenvalue weighted by Gasteiger charge is -1.99. The standard InChI is InChI=1S/C10H6N4O2S2/c1-6-12-13-10(17-6)18-9-3-2-7(5-11)4-8(9)14(15)16/h2-4H,1H3. The van der Waals surface area contributed by atoms with E-state index in [9.17, 15) is 10.1 Å². The maximum absolute atomic E-state index is 10.9. The van der Waals surface area contributed by atoms with Gasteiger partial charge in [0.15, 0.2) is 4.34 Å². The second-order valence-corrected chi connectivity index (χ2v) is 5.71. The molecule has 0 atom stereocenters. The van der Waals surface area contributed by atoms with Crippen molar-refractivity contribution in [3.05, 3.63) is 38.9 Å². The number of hydrogen-bond donors (Lipinski definition) is 0. The highest BCUT2D eigenvalue weighted by Gasteiger charge is 2.17. The molecule has 0 bridgehead atoms. The number of aromatic nitrogens is 2. The fourth-order valence-electron chi connectivity index (χ4n) is 1.23. The second-order valence-electron chi connectivity index (χ2n) is 3.24. The summed E-state index contributed by atoms with van der Waals surface area (Å²) in [5.74, 6) is 0. The van der Waals surface area contributed by atoms with Gasteiger partial charge >= 0.3 is 0 Å². The van der Waals surface area contributed by atoms with Crippen molar-refractivity contribution in [1.82, 2.24) is 10.2 Å². The van der Waals surface area contributed by atoms with Crippen LogP contribution in [-0.4, -0.2) is 15.1 Å². The van der Waals surface area contributed by atoms with Crippen LogP contribution in [0.3, 0.4) is 0 Å². The third-order valence-corrected chi connectivity index (χ3v) is 3.94. The number of nitrogens with zero attached hydrogens (tertiary/aromatic N) is 4. The van der Waals surface area contributed by atoms with Crippen molar-refractivity contribution in [3.8, 4) is 6.07 Å². The molecule has 8 heteroatoms. The molecule has 0 spiro atoms. The number of aryl methyl sites for hydroxylation is 1. The number of hydrogen-bond acceptors (Lipinski definition) is 7. The minimum Gasteiger partial charge on any atom is -0.258 e. The molecule has 2 aromatic rings. The van der Waals surface area contributed by atoms with Gasteiger partial charge in [-0.2, -0.15) is 5.26 Å². The fourth-order valence-corrected chi connectivity index (χ4v) is 3.09. The summed E-state index contributed by atoms with van der Waals surface area (Å²) in [7, 11) is 0. The Bertz CT molecular complexity index is 648. The van der Waals surface area contributed by atoms with E-state index in [2.05, 4.69) is 10.2 Å². The van der Waals surface area contributed by atoms with Crippen LogP contribution in [0.4, 0.5) is 5.69 Å². The van der Waals surface area contributed by atoms with E-state index in [4.69, 9.17) is 5.26 Å². The average Bonchev–Trinajstić information content (AvgIpc) is 2.75. The Hall–Kier alpha value is -1.98. The number of benzene rings is 1. The molecular weight excluding hydrogens is 272 g/mol. The molecule has 1 aromatic heterocycles. The number of nitro groups is 1. The van der Waals surface area contributed by atoms with E-state index in [0.717, 1.165) is 5.01 Å². The predicted octanol–water partition coefficient (Wildman–Crippen LogP) is 2.78. The summed E-state index contributed by atoms with van der Waals surface area (Å²) < 4.78 is 0.639. The van der Waals surface area contributed by atoms with E-state index in [1.54, 1.807) is 12.1 Å². The molecule has 0 amide bonds. The molecule has 0 unspecified atom stereocenters. The van der Waals surface area contributed by atoms with Crippen molar-refractivity contribution in [3.63, 3.8) is 0 Å². The fraction of sp³-hybridized carbons (Fsp3) is 0.100. The van der Waals surface area contributed by atoms with Crippen LogP contribution in [0, 0.1) is 28.4 Å². The Kier molecular flexibility index (Phi) is 3.55. The zero-order valence-corrected chi connectivity index (χ0v) is 10.8. The number of nitriles is 1. The predicted molar refractivity (Wildman–Crippen MR) is 66.6 cm³/mol. The molecule has 0 aliphatic carbocycles. The first-order valence-electron chi connectivity index (χ1n) is 4.76. The molecular formula is C10H6N4O2S2. The zero-order valence-electron chi connectivity index (χ0n) is 9.15. The summed E-state index contributed by atoms with van der Waals surface area (Å²) in [5, 5.41) is 28.2. The Balaban J connectivity index is 2.38. The maximum atomic E-state index is 10.9. The minimum absolute atomic E-state index is 0.0908. The van der Waals surface area contributed by atoms with Crippen LogP contribution in [0.5, 0.6) is 0 Å². The molecule has 0 fully saturated rings. The van der Waals surface area contributed by atoms with E-state index in [0.29, 0.717) is 9.24 Å². The lowest BCUT2D eigenvalue weighted by atomic mass is 10.2. The van der Waals surface area contributed by atoms with Gasteiger partial charge in [-0.25, -0.2) is 0 Å². The lowest BCUT2D eigenvalue weighted by Crippen LogP contribution is -1.91. The van der Waals surface area contributed by atoms with Crippen LogP contribution in [0.2, 0.25) is 0 Å². The summed E-state index contributed by atoms with van der Waals surface area (Å²) >= 11 is 2.54. The van der Waals surface area contributed by atoms with E-state index < -0.39 is 4.92 Å². The van der Waals surface area contributed by atoms with Crippen molar-refractivity contribution in [2.24, 2.45) is 0 Å². The topological polar surface area (TPSA) is 92.7 Å². The van der Waals surface area contributed by atoms with Crippen LogP contribution < -0.4 is 0 Å². The largest absolute Gasteiger partial charge is 0.284 e. The average molecular weight is 278 g/mol. The van der Waals surface area contributed by atoms with Crippen molar-refractivity contribution in [1.29, 1.82) is 5.26 Å². The lowest BCUT2D eigenvalue weighted by molar-refractivity contribution is -0.387. The third-order valence-electron chi connectivity index (χ3n) is 1.99. The van der Waals surface area contributed by atoms with E-state index in [1.165, 1.54) is 29.2 Å². The maximum Gasteiger partial charge on any atom is 0.284 e. The first-order chi connectivity index (χ1) is 8.60. The summed E-state index contributed by atoms with van der Waals surface area (Å²) in [4.78, 5) is 10.9. The Morgan fingerprint density at radius 1 is 1.50 bits per heavy atom. The van der Waals surface area contributed by atoms with Crippen molar-refractivity contribution in [2.75, 3.05) is 0 Å². The van der Waals surface area contributed by atoms with Gasteiger partial charge in [0.1, 0.15) is 5.01 Å². The second kappa shape index (κ2) is 5.12. The van der Waals surface area contributed by atoms with Crippen LogP contribution in [0.1, 0.15) is 10.6 Å². The minimum atomic E-state index is -0.503. The van der Waals surface area contributed by atoms with E-state index in [1.807, 2.05) is 13.0 Å². The molecule has 2 rings (SSSR count). The van der Waals surface area contributed by atoms with Gasteiger partial charge in [-0.1, -0.05) is 23.1 Å².